The minimum absolute atomic E-state index is 0.229. The van der Waals surface area contributed by atoms with E-state index in [1.807, 2.05) is 19.9 Å². The molecule has 2 aliphatic heterocycles. The SMILES string of the molecule is CCNc1cc(N2CCN(S(=O)(=O)c3ccc4c(c3)OCCCO4)CC2)nc(C)n1. The second-order valence-corrected chi connectivity index (χ2v) is 9.18. The molecule has 0 unspecified atom stereocenters. The van der Waals surface area contributed by atoms with Gasteiger partial charge in [-0.05, 0) is 26.0 Å². The zero-order chi connectivity index (χ0) is 21.1. The first-order valence-corrected chi connectivity index (χ1v) is 11.7. The highest BCUT2D eigenvalue weighted by Crippen LogP contribution is 2.33. The van der Waals surface area contributed by atoms with Crippen molar-refractivity contribution in [2.24, 2.45) is 0 Å². The second kappa shape index (κ2) is 8.65. The van der Waals surface area contributed by atoms with Crippen LogP contribution < -0.4 is 19.7 Å². The predicted octanol–water partition coefficient (Wildman–Crippen LogP) is 1.89. The fourth-order valence-electron chi connectivity index (χ4n) is 3.60. The van der Waals surface area contributed by atoms with Gasteiger partial charge in [-0.1, -0.05) is 0 Å². The number of aryl methyl sites for hydroxylation is 1. The molecule has 1 fully saturated rings. The molecule has 10 heteroatoms. The summed E-state index contributed by atoms with van der Waals surface area (Å²) in [6.07, 6.45) is 0.775. The summed E-state index contributed by atoms with van der Waals surface area (Å²) in [6.45, 7) is 7.62. The Morgan fingerprint density at radius 1 is 1.03 bits per heavy atom. The van der Waals surface area contributed by atoms with Gasteiger partial charge in [-0.15, -0.1) is 0 Å². The van der Waals surface area contributed by atoms with Crippen LogP contribution in [0.5, 0.6) is 11.5 Å². The number of sulfonamides is 1. The number of ether oxygens (including phenoxy) is 2. The summed E-state index contributed by atoms with van der Waals surface area (Å²) in [5.41, 5.74) is 0. The van der Waals surface area contributed by atoms with Crippen LogP contribution in [0, 0.1) is 6.92 Å². The van der Waals surface area contributed by atoms with Crippen molar-refractivity contribution in [3.8, 4) is 11.5 Å². The molecule has 162 valence electrons. The summed E-state index contributed by atoms with van der Waals surface area (Å²) in [6, 6.07) is 6.74. The Labute approximate surface area is 177 Å². The van der Waals surface area contributed by atoms with Crippen LogP contribution in [0.4, 0.5) is 11.6 Å². The molecule has 1 saturated heterocycles. The number of rotatable bonds is 5. The van der Waals surface area contributed by atoms with E-state index in [1.54, 1.807) is 18.2 Å². The topological polar surface area (TPSA) is 96.9 Å². The average molecular weight is 434 g/mol. The van der Waals surface area contributed by atoms with Gasteiger partial charge in [-0.2, -0.15) is 4.31 Å². The first kappa shape index (κ1) is 20.7. The lowest BCUT2D eigenvalue weighted by Crippen LogP contribution is -2.49. The number of nitrogens with zero attached hydrogens (tertiary/aromatic N) is 4. The van der Waals surface area contributed by atoms with Gasteiger partial charge in [0.05, 0.1) is 18.1 Å². The molecule has 9 nitrogen and oxygen atoms in total. The van der Waals surface area contributed by atoms with Crippen LogP contribution >= 0.6 is 0 Å². The fraction of sp³-hybridized carbons (Fsp3) is 0.500. The van der Waals surface area contributed by atoms with Gasteiger partial charge in [-0.25, -0.2) is 18.4 Å². The number of nitrogens with one attached hydrogen (secondary N) is 1. The first-order valence-electron chi connectivity index (χ1n) is 10.2. The van der Waals surface area contributed by atoms with Crippen molar-refractivity contribution in [1.29, 1.82) is 0 Å². The van der Waals surface area contributed by atoms with Gasteiger partial charge in [0.2, 0.25) is 10.0 Å². The average Bonchev–Trinajstić information content (AvgIpc) is 2.98. The third-order valence-electron chi connectivity index (χ3n) is 5.10. The highest BCUT2D eigenvalue weighted by molar-refractivity contribution is 7.89. The molecule has 1 aromatic heterocycles. The molecule has 0 saturated carbocycles. The van der Waals surface area contributed by atoms with Crippen molar-refractivity contribution in [1.82, 2.24) is 14.3 Å². The Hall–Kier alpha value is -2.59. The van der Waals surface area contributed by atoms with Gasteiger partial charge >= 0.3 is 0 Å². The second-order valence-electron chi connectivity index (χ2n) is 7.24. The molecule has 0 radical (unpaired) electrons. The highest BCUT2D eigenvalue weighted by atomic mass is 32.2. The van der Waals surface area contributed by atoms with Crippen LogP contribution in [-0.2, 0) is 10.0 Å². The maximum absolute atomic E-state index is 13.2. The maximum Gasteiger partial charge on any atom is 0.243 e. The summed E-state index contributed by atoms with van der Waals surface area (Å²) < 4.78 is 39.1. The Morgan fingerprint density at radius 3 is 2.50 bits per heavy atom. The highest BCUT2D eigenvalue weighted by Gasteiger charge is 2.30. The van der Waals surface area contributed by atoms with Crippen molar-refractivity contribution < 1.29 is 17.9 Å². The minimum Gasteiger partial charge on any atom is -0.490 e. The Morgan fingerprint density at radius 2 is 1.77 bits per heavy atom. The molecule has 0 bridgehead atoms. The lowest BCUT2D eigenvalue weighted by atomic mass is 10.3. The van der Waals surface area contributed by atoms with Gasteiger partial charge in [-0.3, -0.25) is 0 Å². The van der Waals surface area contributed by atoms with Crippen molar-refractivity contribution in [2.75, 3.05) is 56.2 Å². The molecule has 4 rings (SSSR count). The van der Waals surface area contributed by atoms with Gasteiger partial charge in [0.25, 0.3) is 0 Å². The quantitative estimate of drug-likeness (QED) is 0.764. The zero-order valence-electron chi connectivity index (χ0n) is 17.3. The molecule has 2 aliphatic rings. The van der Waals surface area contributed by atoms with Crippen LogP contribution in [0.15, 0.2) is 29.2 Å². The molecule has 30 heavy (non-hydrogen) atoms. The molecule has 0 aliphatic carbocycles. The zero-order valence-corrected chi connectivity index (χ0v) is 18.1. The minimum atomic E-state index is -3.61. The lowest BCUT2D eigenvalue weighted by Gasteiger charge is -2.34. The summed E-state index contributed by atoms with van der Waals surface area (Å²) in [5.74, 6) is 3.35. The molecule has 2 aromatic rings. The van der Waals surface area contributed by atoms with Crippen LogP contribution in [0.25, 0.3) is 0 Å². The molecule has 1 N–H and O–H groups in total. The van der Waals surface area contributed by atoms with E-state index >= 15 is 0 Å². The number of piperazine rings is 1. The monoisotopic (exact) mass is 433 g/mol. The molecule has 0 atom stereocenters. The largest absolute Gasteiger partial charge is 0.490 e. The van der Waals surface area contributed by atoms with E-state index in [2.05, 4.69) is 20.2 Å². The number of fused-ring (bicyclic) bond motifs is 1. The van der Waals surface area contributed by atoms with E-state index in [0.29, 0.717) is 56.7 Å². The molecule has 3 heterocycles. The van der Waals surface area contributed by atoms with Gasteiger partial charge in [0, 0.05) is 51.3 Å². The van der Waals surface area contributed by atoms with Crippen molar-refractivity contribution in [3.63, 3.8) is 0 Å². The number of aromatic nitrogens is 2. The normalized spacial score (nSPS) is 17.5. The molecular formula is C20H27N5O4S. The van der Waals surface area contributed by atoms with Crippen molar-refractivity contribution in [2.45, 2.75) is 25.2 Å². The van der Waals surface area contributed by atoms with Gasteiger partial charge in [0.1, 0.15) is 17.5 Å². The van der Waals surface area contributed by atoms with E-state index in [1.165, 1.54) is 4.31 Å². The van der Waals surface area contributed by atoms with E-state index in [-0.39, 0.29) is 4.90 Å². The number of benzene rings is 1. The van der Waals surface area contributed by atoms with E-state index < -0.39 is 10.0 Å². The lowest BCUT2D eigenvalue weighted by molar-refractivity contribution is 0.296. The number of hydrogen-bond acceptors (Lipinski definition) is 8. The third-order valence-corrected chi connectivity index (χ3v) is 7.00. The Kier molecular flexibility index (Phi) is 5.96. The van der Waals surface area contributed by atoms with E-state index in [9.17, 15) is 8.42 Å². The maximum atomic E-state index is 13.2. The van der Waals surface area contributed by atoms with Crippen LogP contribution in [0.1, 0.15) is 19.2 Å². The Bertz CT molecular complexity index is 1010. The van der Waals surface area contributed by atoms with E-state index in [4.69, 9.17) is 9.47 Å². The predicted molar refractivity (Wildman–Crippen MR) is 114 cm³/mol. The smallest absolute Gasteiger partial charge is 0.243 e. The van der Waals surface area contributed by atoms with Crippen LogP contribution in [-0.4, -0.2) is 68.6 Å². The van der Waals surface area contributed by atoms with Gasteiger partial charge < -0.3 is 19.7 Å². The van der Waals surface area contributed by atoms with Crippen LogP contribution in [0.3, 0.4) is 0 Å². The fourth-order valence-corrected chi connectivity index (χ4v) is 5.03. The first-order chi connectivity index (χ1) is 14.5. The summed E-state index contributed by atoms with van der Waals surface area (Å²) >= 11 is 0. The summed E-state index contributed by atoms with van der Waals surface area (Å²) in [7, 11) is -3.61. The molecular weight excluding hydrogens is 406 g/mol. The summed E-state index contributed by atoms with van der Waals surface area (Å²) in [5, 5.41) is 3.21. The number of hydrogen-bond donors (Lipinski definition) is 1. The van der Waals surface area contributed by atoms with E-state index in [0.717, 1.165) is 24.6 Å². The number of anilines is 2. The van der Waals surface area contributed by atoms with Crippen molar-refractivity contribution in [3.05, 3.63) is 30.1 Å². The third kappa shape index (κ3) is 4.29. The standard InChI is InChI=1S/C20H27N5O4S/c1-3-21-19-14-20(23-15(2)22-19)24-7-9-25(10-8-24)30(26,27)16-5-6-17-18(13-16)29-12-4-11-28-17/h5-6,13-14H,3-4,7-12H2,1-2H3,(H,21,22,23). The summed E-state index contributed by atoms with van der Waals surface area (Å²) in [4.78, 5) is 11.2. The van der Waals surface area contributed by atoms with Crippen LogP contribution in [0.2, 0.25) is 0 Å². The Balaban J connectivity index is 1.48. The molecule has 0 spiro atoms. The molecule has 0 amide bonds. The van der Waals surface area contributed by atoms with Gasteiger partial charge in [0.15, 0.2) is 11.5 Å². The molecule has 1 aromatic carbocycles. The van der Waals surface area contributed by atoms with Crippen molar-refractivity contribution >= 4 is 21.7 Å².